The summed E-state index contributed by atoms with van der Waals surface area (Å²) >= 11 is 5.95. The fraction of sp³-hybridized carbons (Fsp3) is 0.0714. The Hall–Kier alpha value is -2.04. The highest BCUT2D eigenvalue weighted by atomic mass is 35.5. The van der Waals surface area contributed by atoms with Crippen LogP contribution in [0, 0.1) is 0 Å². The first kappa shape index (κ1) is 13.4. The molecule has 2 aromatic carbocycles. The van der Waals surface area contributed by atoms with Gasteiger partial charge in [0.25, 0.3) is 0 Å². The van der Waals surface area contributed by atoms with Gasteiger partial charge in [-0.25, -0.2) is 4.79 Å². The summed E-state index contributed by atoms with van der Waals surface area (Å²) in [5.74, 6) is 0. The van der Waals surface area contributed by atoms with Gasteiger partial charge in [0.15, 0.2) is 0 Å². The third kappa shape index (κ3) is 2.86. The molecular weight excluding hydrogens is 264 g/mol. The van der Waals surface area contributed by atoms with Crippen LogP contribution in [0.3, 0.4) is 0 Å². The molecule has 0 aliphatic heterocycles. The van der Waals surface area contributed by atoms with E-state index >= 15 is 0 Å². The van der Waals surface area contributed by atoms with E-state index in [1.807, 2.05) is 6.07 Å². The van der Waals surface area contributed by atoms with Gasteiger partial charge in [-0.3, -0.25) is 5.73 Å². The van der Waals surface area contributed by atoms with Gasteiger partial charge in [-0.2, -0.15) is 0 Å². The van der Waals surface area contributed by atoms with Crippen molar-refractivity contribution < 1.29 is 9.53 Å². The second kappa shape index (κ2) is 5.30. The SMILES string of the molecule is NC(=O)OC(N)(c1ccccc1)c1cccc(Cl)c1. The highest BCUT2D eigenvalue weighted by Crippen LogP contribution is 2.29. The summed E-state index contributed by atoms with van der Waals surface area (Å²) in [5, 5.41) is 0.497. The Morgan fingerprint density at radius 2 is 1.68 bits per heavy atom. The van der Waals surface area contributed by atoms with E-state index in [4.69, 9.17) is 27.8 Å². The van der Waals surface area contributed by atoms with Crippen molar-refractivity contribution in [2.45, 2.75) is 5.72 Å². The predicted octanol–water partition coefficient (Wildman–Crippen LogP) is 2.60. The van der Waals surface area contributed by atoms with Crippen LogP contribution >= 0.6 is 11.6 Å². The summed E-state index contributed by atoms with van der Waals surface area (Å²) in [7, 11) is 0. The minimum atomic E-state index is -1.46. The van der Waals surface area contributed by atoms with Gasteiger partial charge in [-0.05, 0) is 12.1 Å². The molecule has 0 spiro atoms. The first-order valence-electron chi connectivity index (χ1n) is 5.61. The van der Waals surface area contributed by atoms with Crippen LogP contribution in [-0.4, -0.2) is 6.09 Å². The number of halogens is 1. The zero-order valence-corrected chi connectivity index (χ0v) is 10.8. The van der Waals surface area contributed by atoms with Crippen LogP contribution in [0.5, 0.6) is 0 Å². The molecule has 0 radical (unpaired) electrons. The Morgan fingerprint density at radius 1 is 1.05 bits per heavy atom. The van der Waals surface area contributed by atoms with Crippen LogP contribution in [0.4, 0.5) is 4.79 Å². The van der Waals surface area contributed by atoms with Crippen LogP contribution in [0.2, 0.25) is 5.02 Å². The molecule has 0 saturated heterocycles. The van der Waals surface area contributed by atoms with Crippen LogP contribution < -0.4 is 11.5 Å². The number of amides is 1. The van der Waals surface area contributed by atoms with E-state index in [0.717, 1.165) is 0 Å². The monoisotopic (exact) mass is 276 g/mol. The first-order chi connectivity index (χ1) is 9.02. The molecule has 1 atom stereocenters. The summed E-state index contributed by atoms with van der Waals surface area (Å²) < 4.78 is 5.12. The van der Waals surface area contributed by atoms with Crippen LogP contribution in [0.15, 0.2) is 54.6 Å². The van der Waals surface area contributed by atoms with E-state index in [0.29, 0.717) is 16.1 Å². The number of carbonyl (C=O) groups is 1. The van der Waals surface area contributed by atoms with Gasteiger partial charge in [0.2, 0.25) is 5.72 Å². The molecule has 19 heavy (non-hydrogen) atoms. The Morgan fingerprint density at radius 3 is 2.26 bits per heavy atom. The van der Waals surface area contributed by atoms with E-state index < -0.39 is 11.8 Å². The number of nitrogens with two attached hydrogens (primary N) is 2. The molecule has 0 aliphatic carbocycles. The summed E-state index contributed by atoms with van der Waals surface area (Å²) in [5.41, 5.74) is 11.0. The number of ether oxygens (including phenoxy) is 1. The predicted molar refractivity (Wildman–Crippen MR) is 73.5 cm³/mol. The first-order valence-corrected chi connectivity index (χ1v) is 5.99. The minimum Gasteiger partial charge on any atom is -0.419 e. The Labute approximate surface area is 115 Å². The number of hydrogen-bond donors (Lipinski definition) is 2. The molecule has 0 fully saturated rings. The summed E-state index contributed by atoms with van der Waals surface area (Å²) in [6.45, 7) is 0. The standard InChI is InChI=1S/C14H13ClN2O2/c15-12-8-4-7-11(9-12)14(17,19-13(16)18)10-5-2-1-3-6-10/h1-9H,17H2,(H2,16,18). The normalized spacial score (nSPS) is 13.6. The van der Waals surface area contributed by atoms with Crippen LogP contribution in [0.1, 0.15) is 11.1 Å². The van der Waals surface area contributed by atoms with E-state index in [2.05, 4.69) is 0 Å². The second-order valence-corrected chi connectivity index (χ2v) is 4.47. The maximum Gasteiger partial charge on any atom is 0.406 e. The smallest absolute Gasteiger partial charge is 0.406 e. The fourth-order valence-electron chi connectivity index (χ4n) is 1.85. The zero-order valence-electron chi connectivity index (χ0n) is 10.0. The molecule has 4 nitrogen and oxygen atoms in total. The van der Waals surface area contributed by atoms with Crippen molar-refractivity contribution in [2.24, 2.45) is 11.5 Å². The van der Waals surface area contributed by atoms with Crippen molar-refractivity contribution in [2.75, 3.05) is 0 Å². The maximum atomic E-state index is 11.1. The molecule has 2 rings (SSSR count). The number of hydrogen-bond acceptors (Lipinski definition) is 3. The maximum absolute atomic E-state index is 11.1. The minimum absolute atomic E-state index is 0.497. The summed E-state index contributed by atoms with van der Waals surface area (Å²) in [6.07, 6.45) is -0.952. The van der Waals surface area contributed by atoms with Gasteiger partial charge in [0.1, 0.15) is 0 Å². The third-order valence-electron chi connectivity index (χ3n) is 2.72. The van der Waals surface area contributed by atoms with E-state index in [-0.39, 0.29) is 0 Å². The van der Waals surface area contributed by atoms with E-state index in [9.17, 15) is 4.79 Å². The zero-order chi connectivity index (χ0) is 13.9. The average Bonchev–Trinajstić information content (AvgIpc) is 2.39. The van der Waals surface area contributed by atoms with Crippen LogP contribution in [-0.2, 0) is 10.5 Å². The molecule has 1 amide bonds. The summed E-state index contributed by atoms with van der Waals surface area (Å²) in [6, 6.07) is 15.7. The summed E-state index contributed by atoms with van der Waals surface area (Å²) in [4.78, 5) is 11.1. The lowest BCUT2D eigenvalue weighted by atomic mass is 9.95. The lowest BCUT2D eigenvalue weighted by Gasteiger charge is -2.29. The number of primary amides is 1. The van der Waals surface area contributed by atoms with Gasteiger partial charge in [-0.1, -0.05) is 54.1 Å². The third-order valence-corrected chi connectivity index (χ3v) is 2.95. The molecule has 0 aromatic heterocycles. The molecule has 0 saturated carbocycles. The van der Waals surface area contributed by atoms with E-state index in [1.165, 1.54) is 0 Å². The van der Waals surface area contributed by atoms with Crippen molar-refractivity contribution in [1.82, 2.24) is 0 Å². The molecule has 0 bridgehead atoms. The van der Waals surface area contributed by atoms with Crippen molar-refractivity contribution in [1.29, 1.82) is 0 Å². The Kier molecular flexibility index (Phi) is 3.74. The van der Waals surface area contributed by atoms with E-state index in [1.54, 1.807) is 48.5 Å². The molecule has 98 valence electrons. The molecule has 1 unspecified atom stereocenters. The number of rotatable bonds is 3. The molecule has 4 N–H and O–H groups in total. The van der Waals surface area contributed by atoms with Crippen LogP contribution in [0.25, 0.3) is 0 Å². The van der Waals surface area contributed by atoms with Gasteiger partial charge in [-0.15, -0.1) is 0 Å². The number of carbonyl (C=O) groups excluding carboxylic acids is 1. The topological polar surface area (TPSA) is 78.3 Å². The Balaban J connectivity index is 2.55. The quantitative estimate of drug-likeness (QED) is 0.846. The average molecular weight is 277 g/mol. The molecule has 0 heterocycles. The molecule has 0 aliphatic rings. The molecule has 2 aromatic rings. The van der Waals surface area contributed by atoms with Crippen molar-refractivity contribution in [3.63, 3.8) is 0 Å². The van der Waals surface area contributed by atoms with Gasteiger partial charge in [0.05, 0.1) is 0 Å². The second-order valence-electron chi connectivity index (χ2n) is 4.03. The van der Waals surface area contributed by atoms with Gasteiger partial charge >= 0.3 is 6.09 Å². The number of benzene rings is 2. The Bertz CT molecular complexity index is 589. The van der Waals surface area contributed by atoms with Gasteiger partial charge in [0, 0.05) is 16.1 Å². The van der Waals surface area contributed by atoms with Crippen molar-refractivity contribution in [3.8, 4) is 0 Å². The van der Waals surface area contributed by atoms with Crippen molar-refractivity contribution in [3.05, 3.63) is 70.7 Å². The lowest BCUT2D eigenvalue weighted by Crippen LogP contribution is -2.44. The highest BCUT2D eigenvalue weighted by molar-refractivity contribution is 6.30. The largest absolute Gasteiger partial charge is 0.419 e. The molecular formula is C14H13ClN2O2. The molecule has 5 heteroatoms. The lowest BCUT2D eigenvalue weighted by molar-refractivity contribution is 0.0502. The van der Waals surface area contributed by atoms with Gasteiger partial charge < -0.3 is 10.5 Å². The fourth-order valence-corrected chi connectivity index (χ4v) is 2.04. The highest BCUT2D eigenvalue weighted by Gasteiger charge is 2.33. The van der Waals surface area contributed by atoms with Crippen molar-refractivity contribution >= 4 is 17.7 Å².